The molecule has 4 unspecified atom stereocenters. The molecule has 3 nitrogen and oxygen atoms in total. The van der Waals surface area contributed by atoms with Crippen molar-refractivity contribution >= 4 is 5.97 Å². The summed E-state index contributed by atoms with van der Waals surface area (Å²) in [5, 5.41) is 9.37. The first-order valence-electron chi connectivity index (χ1n) is 4.57. The van der Waals surface area contributed by atoms with E-state index in [0.717, 1.165) is 19.3 Å². The van der Waals surface area contributed by atoms with Crippen LogP contribution in [-0.4, -0.2) is 17.4 Å². The van der Waals surface area contributed by atoms with Crippen molar-refractivity contribution < 1.29 is 14.6 Å². The first-order chi connectivity index (χ1) is 5.68. The Morgan fingerprint density at radius 1 is 1.50 bits per heavy atom. The molecule has 68 valence electrons. The molecule has 1 heterocycles. The summed E-state index contributed by atoms with van der Waals surface area (Å²) in [5.41, 5.74) is 0. The minimum absolute atomic E-state index is 0.0174. The molecule has 0 aromatic heterocycles. The summed E-state index contributed by atoms with van der Waals surface area (Å²) in [4.78, 5) is 11.1. The lowest BCUT2D eigenvalue weighted by molar-refractivity contribution is -0.157. The second-order valence-electron chi connectivity index (χ2n) is 4.02. The van der Waals surface area contributed by atoms with E-state index in [4.69, 9.17) is 4.74 Å². The molecule has 1 aliphatic heterocycles. The number of hydrogen-bond donors (Lipinski definition) is 1. The number of ether oxygens (including phenoxy) is 1. The van der Waals surface area contributed by atoms with Crippen LogP contribution in [0.15, 0.2) is 0 Å². The van der Waals surface area contributed by atoms with Crippen LogP contribution < -0.4 is 0 Å². The molecule has 2 rings (SSSR count). The predicted molar refractivity (Wildman–Crippen MR) is 42.1 cm³/mol. The van der Waals surface area contributed by atoms with Gasteiger partial charge in [0.1, 0.15) is 0 Å². The van der Waals surface area contributed by atoms with E-state index in [0.29, 0.717) is 5.92 Å². The zero-order valence-electron chi connectivity index (χ0n) is 7.19. The van der Waals surface area contributed by atoms with Crippen LogP contribution in [0, 0.1) is 17.8 Å². The summed E-state index contributed by atoms with van der Waals surface area (Å²) in [7, 11) is 0. The van der Waals surface area contributed by atoms with Gasteiger partial charge in [-0.15, -0.1) is 0 Å². The van der Waals surface area contributed by atoms with Gasteiger partial charge in [-0.3, -0.25) is 4.79 Å². The molecule has 2 fully saturated rings. The second kappa shape index (κ2) is 2.73. The molecule has 0 bridgehead atoms. The van der Waals surface area contributed by atoms with Crippen molar-refractivity contribution in [1.82, 2.24) is 0 Å². The van der Waals surface area contributed by atoms with Crippen molar-refractivity contribution in [1.29, 1.82) is 0 Å². The van der Waals surface area contributed by atoms with Crippen molar-refractivity contribution in [2.75, 3.05) is 0 Å². The molecular formula is C9H14O3. The van der Waals surface area contributed by atoms with Gasteiger partial charge in [-0.2, -0.15) is 0 Å². The normalized spacial score (nSPS) is 47.0. The van der Waals surface area contributed by atoms with E-state index in [1.165, 1.54) is 0 Å². The van der Waals surface area contributed by atoms with Gasteiger partial charge >= 0.3 is 5.97 Å². The summed E-state index contributed by atoms with van der Waals surface area (Å²) < 4.78 is 4.77. The molecule has 2 aliphatic rings. The molecule has 1 N–H and O–H groups in total. The summed E-state index contributed by atoms with van der Waals surface area (Å²) >= 11 is 0. The lowest BCUT2D eigenvalue weighted by Crippen LogP contribution is -2.27. The van der Waals surface area contributed by atoms with Crippen molar-refractivity contribution in [3.63, 3.8) is 0 Å². The molecule has 1 aliphatic carbocycles. The first-order valence-corrected chi connectivity index (χ1v) is 4.57. The Hall–Kier alpha value is -0.570. The molecule has 1 saturated carbocycles. The third-order valence-corrected chi connectivity index (χ3v) is 3.07. The van der Waals surface area contributed by atoms with Crippen LogP contribution in [0.4, 0.5) is 0 Å². The fourth-order valence-electron chi connectivity index (χ4n) is 2.33. The molecule has 12 heavy (non-hydrogen) atoms. The van der Waals surface area contributed by atoms with Gasteiger partial charge in [0, 0.05) is 5.92 Å². The maximum atomic E-state index is 11.1. The quantitative estimate of drug-likeness (QED) is 0.550. The Bertz CT molecular complexity index is 202. The number of hydrogen-bond acceptors (Lipinski definition) is 3. The zero-order valence-corrected chi connectivity index (χ0v) is 7.19. The molecule has 0 amide bonds. The van der Waals surface area contributed by atoms with E-state index in [1.54, 1.807) is 0 Å². The van der Waals surface area contributed by atoms with Crippen LogP contribution in [0.2, 0.25) is 0 Å². The maximum Gasteiger partial charge on any atom is 0.311 e. The monoisotopic (exact) mass is 170 g/mol. The Morgan fingerprint density at radius 2 is 2.25 bits per heavy atom. The molecule has 1 saturated heterocycles. The highest BCUT2D eigenvalue weighted by Crippen LogP contribution is 2.40. The second-order valence-corrected chi connectivity index (χ2v) is 4.02. The zero-order chi connectivity index (χ0) is 8.72. The Labute approximate surface area is 71.7 Å². The van der Waals surface area contributed by atoms with E-state index < -0.39 is 6.29 Å². The molecule has 0 spiro atoms. The SMILES string of the molecule is CC1CCC2C(=O)OC(O)C2C1. The van der Waals surface area contributed by atoms with E-state index in [2.05, 4.69) is 6.92 Å². The lowest BCUT2D eigenvalue weighted by atomic mass is 9.76. The number of rotatable bonds is 0. The van der Waals surface area contributed by atoms with Crippen LogP contribution in [0.5, 0.6) is 0 Å². The average Bonchev–Trinajstić information content (AvgIpc) is 2.28. The highest BCUT2D eigenvalue weighted by molar-refractivity contribution is 5.75. The van der Waals surface area contributed by atoms with E-state index in [9.17, 15) is 9.90 Å². The number of cyclic esters (lactones) is 1. The van der Waals surface area contributed by atoms with E-state index in [1.807, 2.05) is 0 Å². The van der Waals surface area contributed by atoms with Gasteiger partial charge in [-0.25, -0.2) is 0 Å². The molecule has 0 aromatic carbocycles. The number of esters is 1. The van der Waals surface area contributed by atoms with Crippen LogP contribution in [0.3, 0.4) is 0 Å². The van der Waals surface area contributed by atoms with Gasteiger partial charge in [-0.1, -0.05) is 6.92 Å². The van der Waals surface area contributed by atoms with Gasteiger partial charge in [0.25, 0.3) is 0 Å². The highest BCUT2D eigenvalue weighted by atomic mass is 16.6. The Morgan fingerprint density at radius 3 is 3.00 bits per heavy atom. The van der Waals surface area contributed by atoms with Crippen LogP contribution in [0.1, 0.15) is 26.2 Å². The molecule has 3 heteroatoms. The summed E-state index contributed by atoms with van der Waals surface area (Å²) in [5.74, 6) is 0.479. The van der Waals surface area contributed by atoms with E-state index in [-0.39, 0.29) is 17.8 Å². The smallest absolute Gasteiger partial charge is 0.311 e. The molecular weight excluding hydrogens is 156 g/mol. The lowest BCUT2D eigenvalue weighted by Gasteiger charge is -2.27. The first kappa shape index (κ1) is 8.05. The molecule has 0 radical (unpaired) electrons. The standard InChI is InChI=1S/C9H14O3/c1-5-2-3-6-7(4-5)9(11)12-8(6)10/h5-7,9,11H,2-4H2,1H3. The third-order valence-electron chi connectivity index (χ3n) is 3.07. The topological polar surface area (TPSA) is 46.5 Å². The molecule has 0 aromatic rings. The minimum Gasteiger partial charge on any atom is -0.435 e. The number of aliphatic hydroxyl groups excluding tert-OH is 1. The maximum absolute atomic E-state index is 11.1. The summed E-state index contributed by atoms with van der Waals surface area (Å²) in [6, 6.07) is 0. The Balaban J connectivity index is 2.12. The Kier molecular flexibility index (Phi) is 1.83. The number of aliphatic hydroxyl groups is 1. The van der Waals surface area contributed by atoms with Crippen molar-refractivity contribution in [2.24, 2.45) is 17.8 Å². The summed E-state index contributed by atoms with van der Waals surface area (Å²) in [6.07, 6.45) is 2.08. The molecule has 4 atom stereocenters. The minimum atomic E-state index is -0.828. The highest BCUT2D eigenvalue weighted by Gasteiger charge is 2.46. The third kappa shape index (κ3) is 1.12. The largest absolute Gasteiger partial charge is 0.435 e. The predicted octanol–water partition coefficient (Wildman–Crippen LogP) is 0.914. The van der Waals surface area contributed by atoms with Crippen molar-refractivity contribution in [3.8, 4) is 0 Å². The van der Waals surface area contributed by atoms with Gasteiger partial charge in [0.05, 0.1) is 5.92 Å². The fourth-order valence-corrected chi connectivity index (χ4v) is 2.33. The number of carbonyl (C=O) groups is 1. The van der Waals surface area contributed by atoms with Gasteiger partial charge < -0.3 is 9.84 Å². The van der Waals surface area contributed by atoms with Crippen LogP contribution >= 0.6 is 0 Å². The van der Waals surface area contributed by atoms with Crippen molar-refractivity contribution in [3.05, 3.63) is 0 Å². The van der Waals surface area contributed by atoms with E-state index >= 15 is 0 Å². The van der Waals surface area contributed by atoms with Gasteiger partial charge in [-0.05, 0) is 25.2 Å². The van der Waals surface area contributed by atoms with Gasteiger partial charge in [0.15, 0.2) is 0 Å². The van der Waals surface area contributed by atoms with Crippen LogP contribution in [-0.2, 0) is 9.53 Å². The number of carbonyl (C=O) groups excluding carboxylic acids is 1. The van der Waals surface area contributed by atoms with Gasteiger partial charge in [0.2, 0.25) is 6.29 Å². The average molecular weight is 170 g/mol. The van der Waals surface area contributed by atoms with Crippen molar-refractivity contribution in [2.45, 2.75) is 32.5 Å². The fraction of sp³-hybridized carbons (Fsp3) is 0.889. The van der Waals surface area contributed by atoms with Crippen LogP contribution in [0.25, 0.3) is 0 Å². The summed E-state index contributed by atoms with van der Waals surface area (Å²) in [6.45, 7) is 2.16. The number of fused-ring (bicyclic) bond motifs is 1.